The molecule has 3 aromatic rings. The average Bonchev–Trinajstić information content (AvgIpc) is 2.73. The van der Waals surface area contributed by atoms with Crippen molar-refractivity contribution in [1.82, 2.24) is 0 Å². The maximum absolute atomic E-state index is 2.31. The van der Waals surface area contributed by atoms with Crippen LogP contribution in [0, 0.1) is 6.92 Å². The van der Waals surface area contributed by atoms with Crippen LogP contribution in [0.1, 0.15) is 11.1 Å². The summed E-state index contributed by atoms with van der Waals surface area (Å²) >= 11 is 1.81. The molecule has 0 spiro atoms. The lowest BCUT2D eigenvalue weighted by Gasteiger charge is -1.96. The minimum atomic E-state index is 0. The van der Waals surface area contributed by atoms with Gasteiger partial charge < -0.3 is 24.0 Å². The number of fused-ring (bicyclic) bond motifs is 1. The van der Waals surface area contributed by atoms with Gasteiger partial charge in [0.25, 0.3) is 0 Å². The largest absolute Gasteiger partial charge is 1.00 e. The van der Waals surface area contributed by atoms with E-state index in [1.165, 1.54) is 21.3 Å². The molecule has 0 aliphatic carbocycles. The molecule has 1 heterocycles. The van der Waals surface area contributed by atoms with Crippen LogP contribution in [0.3, 0.4) is 0 Å². The number of aromatic nitrogens is 1. The zero-order valence-electron chi connectivity index (χ0n) is 10.1. The summed E-state index contributed by atoms with van der Waals surface area (Å²) in [6, 6.07) is 17.2. The van der Waals surface area contributed by atoms with Gasteiger partial charge >= 0.3 is 0 Å². The van der Waals surface area contributed by atoms with E-state index in [0.29, 0.717) is 0 Å². The number of hydrogen-bond donors (Lipinski definition) is 0. The Morgan fingerprint density at radius 3 is 2.61 bits per heavy atom. The second-order valence-corrected chi connectivity index (χ2v) is 5.19. The third-order valence-corrected chi connectivity index (χ3v) is 3.87. The molecule has 0 aliphatic heterocycles. The summed E-state index contributed by atoms with van der Waals surface area (Å²) in [7, 11) is 0. The first-order valence-corrected chi connectivity index (χ1v) is 6.62. The number of rotatable bonds is 2. The highest BCUT2D eigenvalue weighted by Gasteiger charge is 2.11. The van der Waals surface area contributed by atoms with Crippen molar-refractivity contribution in [1.29, 1.82) is 0 Å². The zero-order valence-corrected chi connectivity index (χ0v) is 13.1. The highest BCUT2D eigenvalue weighted by Crippen LogP contribution is 2.18. The van der Waals surface area contributed by atoms with Crippen molar-refractivity contribution in [3.8, 4) is 0 Å². The highest BCUT2D eigenvalue weighted by molar-refractivity contribution is 7.16. The molecule has 0 radical (unpaired) electrons. The molecule has 0 bridgehead atoms. The van der Waals surface area contributed by atoms with Gasteiger partial charge in [0.15, 0.2) is 6.54 Å². The Labute approximate surface area is 128 Å². The van der Waals surface area contributed by atoms with Crippen LogP contribution in [0.4, 0.5) is 0 Å². The van der Waals surface area contributed by atoms with Crippen molar-refractivity contribution >= 4 is 21.6 Å². The Kier molecular flexibility index (Phi) is 4.35. The fourth-order valence-corrected chi connectivity index (χ4v) is 3.02. The van der Waals surface area contributed by atoms with Gasteiger partial charge in [0.2, 0.25) is 11.0 Å². The number of hydrogen-bond acceptors (Lipinski definition) is 1. The first-order valence-electron chi connectivity index (χ1n) is 5.74. The quantitative estimate of drug-likeness (QED) is 0.460. The summed E-state index contributed by atoms with van der Waals surface area (Å²) in [5, 5.41) is 0. The number of halogens is 1. The second-order valence-electron chi connectivity index (χ2n) is 4.31. The first-order chi connectivity index (χ1) is 8.33. The summed E-state index contributed by atoms with van der Waals surface area (Å²) in [6.07, 6.45) is 0. The van der Waals surface area contributed by atoms with E-state index < -0.39 is 0 Å². The van der Waals surface area contributed by atoms with Gasteiger partial charge in [-0.2, -0.15) is 4.57 Å². The van der Waals surface area contributed by atoms with Crippen molar-refractivity contribution in [2.45, 2.75) is 13.5 Å². The molecular weight excluding hydrogens is 353 g/mol. The van der Waals surface area contributed by atoms with Gasteiger partial charge in [-0.25, -0.2) is 0 Å². The molecular formula is C15H14INS. The lowest BCUT2D eigenvalue weighted by atomic mass is 10.2. The Morgan fingerprint density at radius 1 is 1.06 bits per heavy atom. The SMILES string of the molecule is Cc1ccc2c(c1)sc[n+]2Cc1ccccc1.[I-]. The molecule has 1 aromatic heterocycles. The number of nitrogens with zero attached hydrogens (tertiary/aromatic N) is 1. The minimum Gasteiger partial charge on any atom is -1.00 e. The summed E-state index contributed by atoms with van der Waals surface area (Å²) in [5.41, 5.74) is 6.20. The summed E-state index contributed by atoms with van der Waals surface area (Å²) < 4.78 is 3.68. The van der Waals surface area contributed by atoms with Gasteiger partial charge in [0.1, 0.15) is 4.70 Å². The standard InChI is InChI=1S/C15H14NS.HI/c1-12-7-8-14-15(9-12)17-11-16(14)10-13-5-3-2-4-6-13;/h2-9,11H,10H2,1H3;1H/q+1;/p-1. The van der Waals surface area contributed by atoms with Gasteiger partial charge in [-0.05, 0) is 18.6 Å². The molecule has 0 saturated carbocycles. The van der Waals surface area contributed by atoms with Crippen LogP contribution in [-0.4, -0.2) is 0 Å². The average molecular weight is 367 g/mol. The molecule has 0 fully saturated rings. The third kappa shape index (κ3) is 2.72. The fourth-order valence-electron chi connectivity index (χ4n) is 2.03. The molecule has 0 atom stereocenters. The summed E-state index contributed by atoms with van der Waals surface area (Å²) in [5.74, 6) is 0. The Hall–Kier alpha value is -0.940. The van der Waals surface area contributed by atoms with Crippen LogP contribution >= 0.6 is 11.3 Å². The molecule has 3 rings (SSSR count). The van der Waals surface area contributed by atoms with Crippen molar-refractivity contribution in [2.75, 3.05) is 0 Å². The van der Waals surface area contributed by atoms with E-state index in [-0.39, 0.29) is 24.0 Å². The van der Waals surface area contributed by atoms with Crippen molar-refractivity contribution in [3.63, 3.8) is 0 Å². The number of benzene rings is 2. The first kappa shape index (κ1) is 13.5. The van der Waals surface area contributed by atoms with E-state index in [9.17, 15) is 0 Å². The van der Waals surface area contributed by atoms with Crippen LogP contribution in [0.15, 0.2) is 54.0 Å². The second kappa shape index (κ2) is 5.80. The van der Waals surface area contributed by atoms with Crippen LogP contribution < -0.4 is 28.5 Å². The van der Waals surface area contributed by atoms with Gasteiger partial charge in [-0.1, -0.05) is 47.7 Å². The summed E-state index contributed by atoms with van der Waals surface area (Å²) in [6.45, 7) is 3.09. The molecule has 0 unspecified atom stereocenters. The number of thiazole rings is 1. The zero-order chi connectivity index (χ0) is 11.7. The van der Waals surface area contributed by atoms with E-state index in [1.54, 1.807) is 0 Å². The molecule has 0 aliphatic rings. The van der Waals surface area contributed by atoms with Gasteiger partial charge in [0, 0.05) is 11.6 Å². The fraction of sp³-hybridized carbons (Fsp3) is 0.133. The maximum atomic E-state index is 2.31. The monoisotopic (exact) mass is 367 g/mol. The van der Waals surface area contributed by atoms with Crippen LogP contribution in [-0.2, 0) is 6.54 Å². The van der Waals surface area contributed by atoms with Crippen molar-refractivity contribution in [3.05, 3.63) is 65.2 Å². The molecule has 0 saturated heterocycles. The van der Waals surface area contributed by atoms with E-state index in [0.717, 1.165) is 6.54 Å². The van der Waals surface area contributed by atoms with E-state index in [1.807, 2.05) is 11.3 Å². The molecule has 1 nitrogen and oxygen atoms in total. The van der Waals surface area contributed by atoms with Crippen molar-refractivity contribution < 1.29 is 28.5 Å². The van der Waals surface area contributed by atoms with E-state index >= 15 is 0 Å². The smallest absolute Gasteiger partial charge is 0.226 e. The van der Waals surface area contributed by atoms with Gasteiger partial charge in [-0.15, -0.1) is 0 Å². The Morgan fingerprint density at radius 2 is 1.83 bits per heavy atom. The lowest BCUT2D eigenvalue weighted by molar-refractivity contribution is -0.658. The van der Waals surface area contributed by atoms with Crippen molar-refractivity contribution in [2.24, 2.45) is 0 Å². The van der Waals surface area contributed by atoms with E-state index in [4.69, 9.17) is 0 Å². The maximum Gasteiger partial charge on any atom is 0.226 e. The topological polar surface area (TPSA) is 3.88 Å². The summed E-state index contributed by atoms with van der Waals surface area (Å²) in [4.78, 5) is 0. The van der Waals surface area contributed by atoms with Crippen LogP contribution in [0.2, 0.25) is 0 Å². The molecule has 0 amide bonds. The van der Waals surface area contributed by atoms with Crippen LogP contribution in [0.25, 0.3) is 10.2 Å². The van der Waals surface area contributed by atoms with Crippen LogP contribution in [0.5, 0.6) is 0 Å². The van der Waals surface area contributed by atoms with Gasteiger partial charge in [-0.3, -0.25) is 0 Å². The molecule has 92 valence electrons. The lowest BCUT2D eigenvalue weighted by Crippen LogP contribution is -3.00. The third-order valence-electron chi connectivity index (χ3n) is 2.93. The predicted octanol–water partition coefficient (Wildman–Crippen LogP) is 0.550. The van der Waals surface area contributed by atoms with E-state index in [2.05, 4.69) is 65.5 Å². The number of aryl methyl sites for hydroxylation is 1. The molecule has 0 N–H and O–H groups in total. The highest BCUT2D eigenvalue weighted by atomic mass is 127. The minimum absolute atomic E-state index is 0. The Balaban J connectivity index is 0.00000120. The predicted molar refractivity (Wildman–Crippen MR) is 72.3 cm³/mol. The Bertz CT molecular complexity index is 646. The molecule has 18 heavy (non-hydrogen) atoms. The molecule has 2 aromatic carbocycles. The normalized spacial score (nSPS) is 10.3. The van der Waals surface area contributed by atoms with Gasteiger partial charge in [0.05, 0.1) is 0 Å². The molecule has 3 heteroatoms.